The van der Waals surface area contributed by atoms with Gasteiger partial charge in [-0.05, 0) is 48.2 Å². The number of para-hydroxylation sites is 1. The number of hydrogen-bond donors (Lipinski definition) is 2. The van der Waals surface area contributed by atoms with Crippen LogP contribution in [0.1, 0.15) is 23.5 Å². The summed E-state index contributed by atoms with van der Waals surface area (Å²) in [6.07, 6.45) is 4.45. The predicted molar refractivity (Wildman–Crippen MR) is 115 cm³/mol. The molecule has 0 bridgehead atoms. The third-order valence-corrected chi connectivity index (χ3v) is 6.88. The lowest BCUT2D eigenvalue weighted by atomic mass is 9.98. The summed E-state index contributed by atoms with van der Waals surface area (Å²) in [5.74, 6) is 0.366. The highest BCUT2D eigenvalue weighted by molar-refractivity contribution is 7.92. The molecule has 3 heterocycles. The topological polar surface area (TPSA) is 91.2 Å². The molecule has 1 saturated heterocycles. The fraction of sp³-hybridized carbons (Fsp3) is 0.227. The van der Waals surface area contributed by atoms with Gasteiger partial charge in [0.05, 0.1) is 6.20 Å². The average molecular weight is 423 g/mol. The van der Waals surface area contributed by atoms with Crippen molar-refractivity contribution in [3.05, 3.63) is 78.1 Å². The summed E-state index contributed by atoms with van der Waals surface area (Å²) >= 11 is 0. The van der Waals surface area contributed by atoms with Crippen LogP contribution in [-0.4, -0.2) is 36.5 Å². The minimum absolute atomic E-state index is 0.196. The number of rotatable bonds is 6. The van der Waals surface area contributed by atoms with Gasteiger partial charge in [-0.15, -0.1) is 0 Å². The van der Waals surface area contributed by atoms with E-state index < -0.39 is 10.0 Å². The van der Waals surface area contributed by atoms with Gasteiger partial charge in [-0.25, -0.2) is 0 Å². The van der Waals surface area contributed by atoms with Crippen LogP contribution in [0.3, 0.4) is 0 Å². The number of anilines is 1. The van der Waals surface area contributed by atoms with E-state index in [1.165, 1.54) is 23.2 Å². The number of fused-ring (bicyclic) bond motifs is 1. The van der Waals surface area contributed by atoms with Crippen molar-refractivity contribution in [2.24, 2.45) is 0 Å². The van der Waals surface area contributed by atoms with E-state index >= 15 is 0 Å². The molecule has 2 aromatic heterocycles. The molecule has 0 spiro atoms. The number of sulfonamides is 1. The zero-order valence-corrected chi connectivity index (χ0v) is 17.1. The quantitative estimate of drug-likeness (QED) is 0.491. The van der Waals surface area contributed by atoms with Gasteiger partial charge < -0.3 is 9.51 Å². The Bertz CT molecular complexity index is 1260. The minimum atomic E-state index is -3.77. The molecule has 1 fully saturated rings. The molecule has 5 rings (SSSR count). The molecule has 0 radical (unpaired) electrons. The molecule has 1 unspecified atom stereocenters. The van der Waals surface area contributed by atoms with Crippen molar-refractivity contribution in [1.82, 2.24) is 15.0 Å². The summed E-state index contributed by atoms with van der Waals surface area (Å²) in [5, 5.41) is 4.54. The molecule has 30 heavy (non-hydrogen) atoms. The van der Waals surface area contributed by atoms with Crippen LogP contribution in [0.15, 0.2) is 76.6 Å². The van der Waals surface area contributed by atoms with E-state index in [0.717, 1.165) is 37.1 Å². The van der Waals surface area contributed by atoms with Crippen LogP contribution in [-0.2, 0) is 16.6 Å². The van der Waals surface area contributed by atoms with Crippen LogP contribution >= 0.6 is 0 Å². The molecule has 2 aromatic carbocycles. The van der Waals surface area contributed by atoms with Gasteiger partial charge in [0.2, 0.25) is 0 Å². The lowest BCUT2D eigenvalue weighted by Gasteiger charge is -2.16. The summed E-state index contributed by atoms with van der Waals surface area (Å²) < 4.78 is 32.1. The Kier molecular flexibility index (Phi) is 4.80. The summed E-state index contributed by atoms with van der Waals surface area (Å²) in [4.78, 5) is 5.79. The van der Waals surface area contributed by atoms with Gasteiger partial charge in [-0.2, -0.15) is 8.42 Å². The highest BCUT2D eigenvalue weighted by Gasteiger charge is 2.25. The second kappa shape index (κ2) is 7.62. The number of hydrogen-bond acceptors (Lipinski definition) is 5. The number of aromatic amines is 1. The SMILES string of the molecule is O=S(=O)(Nc1cccc(C2CCN(Cc3c[nH]c4ccccc34)C2)c1)c1ccno1. The first-order chi connectivity index (χ1) is 14.6. The van der Waals surface area contributed by atoms with Crippen molar-refractivity contribution >= 4 is 26.6 Å². The van der Waals surface area contributed by atoms with Gasteiger partial charge in [-0.1, -0.05) is 35.5 Å². The molecule has 8 heteroatoms. The number of H-pyrrole nitrogens is 1. The second-order valence-electron chi connectivity index (χ2n) is 7.64. The van der Waals surface area contributed by atoms with Gasteiger partial charge in [-0.3, -0.25) is 9.62 Å². The van der Waals surface area contributed by atoms with E-state index in [1.54, 1.807) is 6.07 Å². The predicted octanol–water partition coefficient (Wildman–Crippen LogP) is 3.95. The smallest absolute Gasteiger partial charge is 0.298 e. The largest absolute Gasteiger partial charge is 0.361 e. The van der Waals surface area contributed by atoms with Crippen molar-refractivity contribution in [3.63, 3.8) is 0 Å². The maximum atomic E-state index is 12.4. The van der Waals surface area contributed by atoms with Crippen LogP contribution in [0.4, 0.5) is 5.69 Å². The van der Waals surface area contributed by atoms with Crippen molar-refractivity contribution in [1.29, 1.82) is 0 Å². The minimum Gasteiger partial charge on any atom is -0.361 e. The lowest BCUT2D eigenvalue weighted by molar-refractivity contribution is 0.328. The van der Waals surface area contributed by atoms with E-state index in [0.29, 0.717) is 11.6 Å². The van der Waals surface area contributed by atoms with Crippen LogP contribution in [0.2, 0.25) is 0 Å². The van der Waals surface area contributed by atoms with Gasteiger partial charge in [0.25, 0.3) is 15.1 Å². The molecule has 7 nitrogen and oxygen atoms in total. The third kappa shape index (κ3) is 3.71. The molecule has 154 valence electrons. The molecule has 0 amide bonds. The standard InChI is InChI=1S/C22H22N4O3S/c27-30(28,22-8-10-24-29-22)25-19-5-3-4-16(12-19)17-9-11-26(14-17)15-18-13-23-21-7-2-1-6-20(18)21/h1-8,10,12-13,17,23,25H,9,11,14-15H2. The molecule has 0 saturated carbocycles. The number of aromatic nitrogens is 2. The van der Waals surface area contributed by atoms with Crippen molar-refractivity contribution in [2.45, 2.75) is 24.0 Å². The average Bonchev–Trinajstić information content (AvgIpc) is 3.50. The first-order valence-electron chi connectivity index (χ1n) is 9.89. The van der Waals surface area contributed by atoms with Crippen molar-refractivity contribution < 1.29 is 12.9 Å². The Morgan fingerprint density at radius 2 is 2.07 bits per heavy atom. The summed E-state index contributed by atoms with van der Waals surface area (Å²) in [6.45, 7) is 2.86. The summed E-state index contributed by atoms with van der Waals surface area (Å²) in [5.41, 5.74) is 4.13. The monoisotopic (exact) mass is 422 g/mol. The van der Waals surface area contributed by atoms with E-state index in [9.17, 15) is 8.42 Å². The van der Waals surface area contributed by atoms with Gasteiger partial charge in [0.1, 0.15) is 0 Å². The Labute approximate surface area is 174 Å². The zero-order valence-electron chi connectivity index (χ0n) is 16.3. The van der Waals surface area contributed by atoms with E-state index in [1.807, 2.05) is 18.2 Å². The number of nitrogens with zero attached hydrogens (tertiary/aromatic N) is 2. The molecule has 1 atom stereocenters. The maximum Gasteiger partial charge on any atom is 0.298 e. The normalized spacial score (nSPS) is 17.5. The van der Waals surface area contributed by atoms with Crippen LogP contribution in [0.25, 0.3) is 10.9 Å². The van der Waals surface area contributed by atoms with Gasteiger partial charge in [0, 0.05) is 41.9 Å². The Balaban J connectivity index is 1.28. The van der Waals surface area contributed by atoms with Crippen LogP contribution < -0.4 is 4.72 Å². The Morgan fingerprint density at radius 3 is 2.93 bits per heavy atom. The number of nitrogens with one attached hydrogen (secondary N) is 2. The van der Waals surface area contributed by atoms with Crippen LogP contribution in [0.5, 0.6) is 0 Å². The Morgan fingerprint density at radius 1 is 1.17 bits per heavy atom. The molecule has 2 N–H and O–H groups in total. The van der Waals surface area contributed by atoms with Gasteiger partial charge >= 0.3 is 0 Å². The molecule has 0 aliphatic carbocycles. The molecule has 4 aromatic rings. The molecular formula is C22H22N4O3S. The summed E-state index contributed by atoms with van der Waals surface area (Å²) in [7, 11) is -3.77. The number of likely N-dealkylation sites (tertiary alicyclic amines) is 1. The Hall–Kier alpha value is -3.10. The van der Waals surface area contributed by atoms with Crippen molar-refractivity contribution in [3.8, 4) is 0 Å². The second-order valence-corrected chi connectivity index (χ2v) is 9.26. The van der Waals surface area contributed by atoms with Crippen molar-refractivity contribution in [2.75, 3.05) is 17.8 Å². The van der Waals surface area contributed by atoms with Crippen LogP contribution in [0, 0.1) is 0 Å². The first kappa shape index (κ1) is 18.9. The van der Waals surface area contributed by atoms with E-state index in [4.69, 9.17) is 4.52 Å². The molecular weight excluding hydrogens is 400 g/mol. The molecule has 1 aliphatic rings. The summed E-state index contributed by atoms with van der Waals surface area (Å²) in [6, 6.07) is 17.3. The van der Waals surface area contributed by atoms with Gasteiger partial charge in [0.15, 0.2) is 0 Å². The fourth-order valence-corrected chi connectivity index (χ4v) is 5.07. The van der Waals surface area contributed by atoms with E-state index in [-0.39, 0.29) is 5.09 Å². The molecule has 1 aliphatic heterocycles. The van der Waals surface area contributed by atoms with E-state index in [2.05, 4.69) is 50.2 Å². The highest BCUT2D eigenvalue weighted by Crippen LogP contribution is 2.31. The maximum absolute atomic E-state index is 12.4. The third-order valence-electron chi connectivity index (χ3n) is 5.63. The number of benzene rings is 2. The highest BCUT2D eigenvalue weighted by atomic mass is 32.2. The first-order valence-corrected chi connectivity index (χ1v) is 11.4. The zero-order chi connectivity index (χ0) is 20.6. The lowest BCUT2D eigenvalue weighted by Crippen LogP contribution is -2.19. The fourth-order valence-electron chi connectivity index (χ4n) is 4.16.